The number of nitrogens with zero attached hydrogens (tertiary/aromatic N) is 2. The second-order valence-electron chi connectivity index (χ2n) is 13.1. The molecule has 1 unspecified atom stereocenters. The molecule has 1 aliphatic heterocycles. The molecule has 2 aromatic carbocycles. The number of hydrogen-bond donors (Lipinski definition) is 0. The Morgan fingerprint density at radius 3 is 2.26 bits per heavy atom. The second-order valence-corrected chi connectivity index (χ2v) is 14.1. The minimum absolute atomic E-state index is 0.141. The normalized spacial score (nSPS) is 26.4. The van der Waals surface area contributed by atoms with Gasteiger partial charge in [-0.1, -0.05) is 29.5 Å². The van der Waals surface area contributed by atoms with Crippen LogP contribution in [0.3, 0.4) is 0 Å². The van der Waals surface area contributed by atoms with E-state index in [1.54, 1.807) is 63.0 Å². The molecule has 240 valence electrons. The van der Waals surface area contributed by atoms with E-state index in [-0.39, 0.29) is 23.6 Å². The summed E-state index contributed by atoms with van der Waals surface area (Å²) in [6.45, 7) is 3.70. The van der Waals surface area contributed by atoms with E-state index in [9.17, 15) is 14.4 Å². The fourth-order valence-electron chi connectivity index (χ4n) is 8.47. The Kier molecular flexibility index (Phi) is 7.87. The van der Waals surface area contributed by atoms with Crippen LogP contribution in [0, 0.1) is 23.2 Å². The summed E-state index contributed by atoms with van der Waals surface area (Å²) in [5, 5.41) is 0. The van der Waals surface area contributed by atoms with Crippen molar-refractivity contribution in [1.29, 1.82) is 0 Å². The molecule has 10 heteroatoms. The lowest BCUT2D eigenvalue weighted by Gasteiger charge is -2.55. The molecule has 4 saturated carbocycles. The van der Waals surface area contributed by atoms with Crippen LogP contribution in [0.5, 0.6) is 17.2 Å². The maximum absolute atomic E-state index is 14.0. The van der Waals surface area contributed by atoms with Crippen LogP contribution in [-0.2, 0) is 14.3 Å². The Labute approximate surface area is 271 Å². The number of aromatic nitrogens is 1. The number of allylic oxidation sites excluding steroid dienone is 1. The third-order valence-corrected chi connectivity index (χ3v) is 11.1. The number of thiazole rings is 1. The number of rotatable bonds is 8. The van der Waals surface area contributed by atoms with Crippen LogP contribution < -0.4 is 29.1 Å². The first-order valence-corrected chi connectivity index (χ1v) is 16.8. The topological polar surface area (TPSA) is 105 Å². The number of esters is 2. The lowest BCUT2D eigenvalue weighted by atomic mass is 9.49. The van der Waals surface area contributed by atoms with Gasteiger partial charge in [0, 0.05) is 0 Å². The SMILES string of the molecule is CCOC(=O)C1=C(C)N=c2s/c(=C\c3ccc(OC(=O)C45CC6CC(CC(C6)C4)C5)c(OC)c3)c(=O)n2C1c1ccc(OC)cc1. The van der Waals surface area contributed by atoms with Crippen LogP contribution in [0.1, 0.15) is 69.5 Å². The van der Waals surface area contributed by atoms with Crippen molar-refractivity contribution in [2.24, 2.45) is 28.2 Å². The van der Waals surface area contributed by atoms with Crippen LogP contribution in [0.4, 0.5) is 0 Å². The highest BCUT2D eigenvalue weighted by Crippen LogP contribution is 2.60. The molecule has 0 spiro atoms. The van der Waals surface area contributed by atoms with Gasteiger partial charge in [0.15, 0.2) is 16.3 Å². The maximum Gasteiger partial charge on any atom is 0.338 e. The molecule has 3 aromatic rings. The molecule has 46 heavy (non-hydrogen) atoms. The molecule has 8 rings (SSSR count). The fourth-order valence-corrected chi connectivity index (χ4v) is 9.52. The zero-order chi connectivity index (χ0) is 32.2. The van der Waals surface area contributed by atoms with Crippen LogP contribution in [0.2, 0.25) is 0 Å². The first-order chi connectivity index (χ1) is 22.2. The van der Waals surface area contributed by atoms with E-state index in [1.807, 2.05) is 18.2 Å². The summed E-state index contributed by atoms with van der Waals surface area (Å²) in [5.41, 5.74) is 1.59. The largest absolute Gasteiger partial charge is 0.497 e. The van der Waals surface area contributed by atoms with Crippen molar-refractivity contribution in [1.82, 2.24) is 4.57 Å². The molecule has 1 aromatic heterocycles. The van der Waals surface area contributed by atoms with Gasteiger partial charge in [0.25, 0.3) is 5.56 Å². The average Bonchev–Trinajstić information content (AvgIpc) is 3.34. The van der Waals surface area contributed by atoms with Crippen LogP contribution in [0.15, 0.2) is 63.5 Å². The molecular formula is C36H38N2O7S. The van der Waals surface area contributed by atoms with Gasteiger partial charge in [0.2, 0.25) is 0 Å². The third kappa shape index (κ3) is 5.26. The van der Waals surface area contributed by atoms with E-state index in [0.29, 0.717) is 61.2 Å². The van der Waals surface area contributed by atoms with Gasteiger partial charge in [-0.05, 0) is 112 Å². The van der Waals surface area contributed by atoms with Gasteiger partial charge in [-0.3, -0.25) is 14.2 Å². The molecule has 2 heterocycles. The number of ether oxygens (including phenoxy) is 4. The Balaban J connectivity index is 1.22. The summed E-state index contributed by atoms with van der Waals surface area (Å²) < 4.78 is 24.4. The highest BCUT2D eigenvalue weighted by Gasteiger charge is 2.55. The standard InChI is InChI=1S/C36H38N2O7S/c1-5-44-33(40)30-20(2)37-35-38(31(30)25-7-9-26(42-3)10-8-25)32(39)29(46-35)16-21-6-11-27(28(15-21)43-4)45-34(41)36-17-22-12-23(18-36)14-24(13-22)19-36/h6-11,15-16,22-24,31H,5,12-14,17-19H2,1-4H3/b29-16-. The zero-order valence-electron chi connectivity index (χ0n) is 26.5. The van der Waals surface area contributed by atoms with Crippen LogP contribution >= 0.6 is 11.3 Å². The Bertz CT molecular complexity index is 1880. The summed E-state index contributed by atoms with van der Waals surface area (Å²) in [4.78, 5) is 45.9. The minimum atomic E-state index is -0.718. The van der Waals surface area contributed by atoms with Gasteiger partial charge in [0.1, 0.15) is 5.75 Å². The van der Waals surface area contributed by atoms with E-state index in [1.165, 1.54) is 30.6 Å². The smallest absolute Gasteiger partial charge is 0.338 e. The van der Waals surface area contributed by atoms with Gasteiger partial charge in [-0.2, -0.15) is 0 Å². The van der Waals surface area contributed by atoms with Crippen molar-refractivity contribution in [3.05, 3.63) is 84.5 Å². The van der Waals surface area contributed by atoms with Crippen molar-refractivity contribution >= 4 is 29.4 Å². The monoisotopic (exact) mass is 642 g/mol. The van der Waals surface area contributed by atoms with Gasteiger partial charge >= 0.3 is 11.9 Å². The van der Waals surface area contributed by atoms with E-state index >= 15 is 0 Å². The van der Waals surface area contributed by atoms with Crippen molar-refractivity contribution < 1.29 is 28.5 Å². The van der Waals surface area contributed by atoms with Crippen LogP contribution in [0.25, 0.3) is 6.08 Å². The number of methoxy groups -OCH3 is 2. The molecule has 1 atom stereocenters. The molecule has 0 radical (unpaired) electrons. The quantitative estimate of drug-likeness (QED) is 0.253. The number of hydrogen-bond acceptors (Lipinski definition) is 9. The lowest BCUT2D eigenvalue weighted by molar-refractivity contribution is -0.161. The van der Waals surface area contributed by atoms with Crippen molar-refractivity contribution in [3.8, 4) is 17.2 Å². The average molecular weight is 643 g/mol. The molecule has 9 nitrogen and oxygen atoms in total. The van der Waals surface area contributed by atoms with E-state index < -0.39 is 12.0 Å². The van der Waals surface area contributed by atoms with E-state index in [0.717, 1.165) is 24.8 Å². The highest BCUT2D eigenvalue weighted by atomic mass is 32.1. The molecule has 4 bridgehead atoms. The number of benzene rings is 2. The molecule has 4 aliphatic carbocycles. The minimum Gasteiger partial charge on any atom is -0.497 e. The predicted molar refractivity (Wildman–Crippen MR) is 173 cm³/mol. The zero-order valence-corrected chi connectivity index (χ0v) is 27.4. The number of carbonyl (C=O) groups is 2. The second kappa shape index (κ2) is 11.9. The van der Waals surface area contributed by atoms with Gasteiger partial charge in [-0.25, -0.2) is 9.79 Å². The summed E-state index contributed by atoms with van der Waals surface area (Å²) in [6.07, 6.45) is 8.29. The van der Waals surface area contributed by atoms with Crippen LogP contribution in [-0.4, -0.2) is 37.3 Å². The van der Waals surface area contributed by atoms with Crippen molar-refractivity contribution in [2.45, 2.75) is 58.4 Å². The Morgan fingerprint density at radius 1 is 0.978 bits per heavy atom. The Morgan fingerprint density at radius 2 is 1.65 bits per heavy atom. The lowest BCUT2D eigenvalue weighted by Crippen LogP contribution is -2.51. The van der Waals surface area contributed by atoms with Gasteiger partial charge in [0.05, 0.1) is 48.1 Å². The maximum atomic E-state index is 14.0. The number of carbonyl (C=O) groups excluding carboxylic acids is 2. The van der Waals surface area contributed by atoms with Gasteiger partial charge in [-0.15, -0.1) is 0 Å². The van der Waals surface area contributed by atoms with Gasteiger partial charge < -0.3 is 18.9 Å². The van der Waals surface area contributed by atoms with E-state index in [4.69, 9.17) is 18.9 Å². The summed E-state index contributed by atoms with van der Waals surface area (Å²) in [7, 11) is 3.13. The molecular weight excluding hydrogens is 604 g/mol. The highest BCUT2D eigenvalue weighted by molar-refractivity contribution is 7.07. The Hall–Kier alpha value is -4.18. The first kappa shape index (κ1) is 30.5. The summed E-state index contributed by atoms with van der Waals surface area (Å²) in [5.74, 6) is 2.73. The molecule has 0 N–H and O–H groups in total. The van der Waals surface area contributed by atoms with Crippen molar-refractivity contribution in [3.63, 3.8) is 0 Å². The number of fused-ring (bicyclic) bond motifs is 1. The fraction of sp³-hybridized carbons (Fsp3) is 0.444. The first-order valence-electron chi connectivity index (χ1n) is 16.0. The predicted octanol–water partition coefficient (Wildman–Crippen LogP) is 4.94. The molecule has 5 aliphatic rings. The molecule has 0 saturated heterocycles. The molecule has 4 fully saturated rings. The van der Waals surface area contributed by atoms with E-state index in [2.05, 4.69) is 4.99 Å². The summed E-state index contributed by atoms with van der Waals surface area (Å²) >= 11 is 1.25. The summed E-state index contributed by atoms with van der Waals surface area (Å²) in [6, 6.07) is 11.9. The van der Waals surface area contributed by atoms with Crippen molar-refractivity contribution in [2.75, 3.05) is 20.8 Å². The molecule has 0 amide bonds. The third-order valence-electron chi connectivity index (χ3n) is 10.1.